The molecule has 0 radical (unpaired) electrons. The lowest BCUT2D eigenvalue weighted by Gasteiger charge is -2.20. The Hall–Kier alpha value is -2.13. The van der Waals surface area contributed by atoms with Crippen LogP contribution in [-0.2, 0) is 9.63 Å². The van der Waals surface area contributed by atoms with Crippen LogP contribution < -0.4 is 5.06 Å². The van der Waals surface area contributed by atoms with Crippen molar-refractivity contribution in [3.63, 3.8) is 0 Å². The van der Waals surface area contributed by atoms with Crippen LogP contribution in [0.25, 0.3) is 11.1 Å². The van der Waals surface area contributed by atoms with Crippen molar-refractivity contribution in [1.82, 2.24) is 0 Å². The van der Waals surface area contributed by atoms with E-state index in [9.17, 15) is 4.79 Å². The molecule has 0 aliphatic heterocycles. The molecule has 3 heteroatoms. The van der Waals surface area contributed by atoms with Gasteiger partial charge < -0.3 is 0 Å². The second-order valence-electron chi connectivity index (χ2n) is 5.72. The molecule has 0 spiro atoms. The summed E-state index contributed by atoms with van der Waals surface area (Å²) in [6.45, 7) is 4.22. The van der Waals surface area contributed by atoms with Crippen LogP contribution in [0.15, 0.2) is 54.6 Å². The van der Waals surface area contributed by atoms with Gasteiger partial charge >= 0.3 is 0 Å². The zero-order chi connectivity index (χ0) is 15.9. The zero-order valence-corrected chi connectivity index (χ0v) is 13.5. The normalized spacial score (nSPS) is 10.7. The molecule has 0 aliphatic carbocycles. The van der Waals surface area contributed by atoms with E-state index in [0.717, 1.165) is 23.2 Å². The quantitative estimate of drug-likeness (QED) is 0.724. The van der Waals surface area contributed by atoms with Gasteiger partial charge in [-0.15, -0.1) is 0 Å². The van der Waals surface area contributed by atoms with E-state index >= 15 is 0 Å². The minimum absolute atomic E-state index is 0.0105. The highest BCUT2D eigenvalue weighted by Crippen LogP contribution is 2.24. The summed E-state index contributed by atoms with van der Waals surface area (Å²) in [5.41, 5.74) is 3.04. The lowest BCUT2D eigenvalue weighted by Crippen LogP contribution is -2.29. The first kappa shape index (κ1) is 16.2. The van der Waals surface area contributed by atoms with E-state index < -0.39 is 0 Å². The van der Waals surface area contributed by atoms with Gasteiger partial charge in [0.2, 0.25) is 0 Å². The van der Waals surface area contributed by atoms with Crippen LogP contribution in [-0.4, -0.2) is 13.0 Å². The Labute approximate surface area is 132 Å². The summed E-state index contributed by atoms with van der Waals surface area (Å²) in [7, 11) is 1.53. The van der Waals surface area contributed by atoms with Crippen molar-refractivity contribution in [2.75, 3.05) is 12.2 Å². The Morgan fingerprint density at radius 2 is 1.59 bits per heavy atom. The van der Waals surface area contributed by atoms with Gasteiger partial charge in [-0.1, -0.05) is 56.3 Å². The molecule has 0 bridgehead atoms. The molecule has 2 rings (SSSR count). The minimum Gasteiger partial charge on any atom is -0.272 e. The molecule has 0 atom stereocenters. The summed E-state index contributed by atoms with van der Waals surface area (Å²) < 4.78 is 0. The molecular formula is C19H23NO2. The monoisotopic (exact) mass is 297 g/mol. The third-order valence-corrected chi connectivity index (χ3v) is 3.55. The summed E-state index contributed by atoms with van der Waals surface area (Å²) in [4.78, 5) is 17.5. The van der Waals surface area contributed by atoms with Crippen LogP contribution >= 0.6 is 0 Å². The van der Waals surface area contributed by atoms with E-state index in [1.54, 1.807) is 0 Å². The standard InChI is InChI=1S/C19H23NO2/c1-15(2)9-14-19(21)20(22-3)18-12-10-17(11-13-18)16-7-5-4-6-8-16/h4-8,10-13,15H,9,14H2,1-3H3. The fourth-order valence-electron chi connectivity index (χ4n) is 2.28. The predicted molar refractivity (Wildman–Crippen MR) is 90.4 cm³/mol. The first-order chi connectivity index (χ1) is 10.6. The molecule has 0 aromatic heterocycles. The zero-order valence-electron chi connectivity index (χ0n) is 13.5. The van der Waals surface area contributed by atoms with E-state index in [4.69, 9.17) is 4.84 Å². The number of nitrogens with zero attached hydrogens (tertiary/aromatic N) is 1. The van der Waals surface area contributed by atoms with Crippen molar-refractivity contribution in [3.8, 4) is 11.1 Å². The molecule has 3 nitrogen and oxygen atoms in total. The Morgan fingerprint density at radius 3 is 2.14 bits per heavy atom. The fourth-order valence-corrected chi connectivity index (χ4v) is 2.28. The van der Waals surface area contributed by atoms with Crippen molar-refractivity contribution in [3.05, 3.63) is 54.6 Å². The third-order valence-electron chi connectivity index (χ3n) is 3.55. The number of carbonyl (C=O) groups is 1. The fraction of sp³-hybridized carbons (Fsp3) is 0.316. The molecule has 0 fully saturated rings. The molecule has 22 heavy (non-hydrogen) atoms. The van der Waals surface area contributed by atoms with Crippen LogP contribution in [0, 0.1) is 5.92 Å². The van der Waals surface area contributed by atoms with Gasteiger partial charge in [0.05, 0.1) is 12.8 Å². The number of amides is 1. The van der Waals surface area contributed by atoms with E-state index in [1.165, 1.54) is 12.2 Å². The van der Waals surface area contributed by atoms with Crippen LogP contribution in [0.2, 0.25) is 0 Å². The smallest absolute Gasteiger partial charge is 0.250 e. The average molecular weight is 297 g/mol. The molecule has 0 saturated carbocycles. The van der Waals surface area contributed by atoms with E-state index in [0.29, 0.717) is 12.3 Å². The minimum atomic E-state index is -0.0105. The predicted octanol–water partition coefficient (Wildman–Crippen LogP) is 4.68. The van der Waals surface area contributed by atoms with Gasteiger partial charge in [-0.3, -0.25) is 9.63 Å². The summed E-state index contributed by atoms with van der Waals surface area (Å²) >= 11 is 0. The number of carbonyl (C=O) groups excluding carboxylic acids is 1. The highest BCUT2D eigenvalue weighted by atomic mass is 16.7. The molecular weight excluding hydrogens is 274 g/mol. The van der Waals surface area contributed by atoms with Crippen molar-refractivity contribution in [1.29, 1.82) is 0 Å². The molecule has 0 aliphatic rings. The summed E-state index contributed by atoms with van der Waals surface area (Å²) in [6.07, 6.45) is 1.35. The number of rotatable bonds is 6. The van der Waals surface area contributed by atoms with Gasteiger partial charge in [0.15, 0.2) is 0 Å². The van der Waals surface area contributed by atoms with Crippen molar-refractivity contribution >= 4 is 11.6 Å². The van der Waals surface area contributed by atoms with E-state index in [2.05, 4.69) is 26.0 Å². The number of hydroxylamine groups is 1. The summed E-state index contributed by atoms with van der Waals surface area (Å²) in [5.74, 6) is 0.492. The molecule has 116 valence electrons. The molecule has 2 aromatic rings. The average Bonchev–Trinajstić information content (AvgIpc) is 2.55. The first-order valence-electron chi connectivity index (χ1n) is 7.64. The highest BCUT2D eigenvalue weighted by molar-refractivity contribution is 5.91. The lowest BCUT2D eigenvalue weighted by atomic mass is 10.1. The molecule has 0 N–H and O–H groups in total. The van der Waals surface area contributed by atoms with Gasteiger partial charge in [-0.25, -0.2) is 0 Å². The van der Waals surface area contributed by atoms with Gasteiger partial charge in [-0.2, -0.15) is 5.06 Å². The SMILES string of the molecule is CON(C(=O)CCC(C)C)c1ccc(-c2ccccc2)cc1. The summed E-state index contributed by atoms with van der Waals surface area (Å²) in [6, 6.07) is 18.0. The third kappa shape index (κ3) is 4.18. The number of anilines is 1. The van der Waals surface area contributed by atoms with E-state index in [1.807, 2.05) is 42.5 Å². The van der Waals surface area contributed by atoms with Gasteiger partial charge in [0.1, 0.15) is 0 Å². The molecule has 0 saturated heterocycles. The van der Waals surface area contributed by atoms with Crippen LogP contribution in [0.3, 0.4) is 0 Å². The van der Waals surface area contributed by atoms with Gasteiger partial charge in [-0.05, 0) is 35.6 Å². The van der Waals surface area contributed by atoms with E-state index in [-0.39, 0.29) is 5.91 Å². The Balaban J connectivity index is 2.12. The highest BCUT2D eigenvalue weighted by Gasteiger charge is 2.15. The second kappa shape index (κ2) is 7.76. The summed E-state index contributed by atoms with van der Waals surface area (Å²) in [5, 5.41) is 1.37. The van der Waals surface area contributed by atoms with Crippen molar-refractivity contribution in [2.45, 2.75) is 26.7 Å². The molecule has 0 unspecified atom stereocenters. The molecule has 1 amide bonds. The number of hydrogen-bond acceptors (Lipinski definition) is 2. The maximum atomic E-state index is 12.2. The van der Waals surface area contributed by atoms with Gasteiger partial charge in [0.25, 0.3) is 5.91 Å². The van der Waals surface area contributed by atoms with Crippen LogP contribution in [0.4, 0.5) is 5.69 Å². The largest absolute Gasteiger partial charge is 0.272 e. The Morgan fingerprint density at radius 1 is 1.00 bits per heavy atom. The first-order valence-corrected chi connectivity index (χ1v) is 7.64. The van der Waals surface area contributed by atoms with Crippen LogP contribution in [0.5, 0.6) is 0 Å². The molecule has 2 aromatic carbocycles. The maximum Gasteiger partial charge on any atom is 0.250 e. The van der Waals surface area contributed by atoms with Crippen molar-refractivity contribution < 1.29 is 9.63 Å². The molecule has 0 heterocycles. The topological polar surface area (TPSA) is 29.5 Å². The lowest BCUT2D eigenvalue weighted by molar-refractivity contribution is -0.125. The maximum absolute atomic E-state index is 12.2. The van der Waals surface area contributed by atoms with Crippen molar-refractivity contribution in [2.24, 2.45) is 5.92 Å². The Kier molecular flexibility index (Phi) is 5.73. The number of hydrogen-bond donors (Lipinski definition) is 0. The number of benzene rings is 2. The Bertz CT molecular complexity index is 591. The van der Waals surface area contributed by atoms with Gasteiger partial charge in [0, 0.05) is 6.42 Å². The van der Waals surface area contributed by atoms with Crippen LogP contribution in [0.1, 0.15) is 26.7 Å². The second-order valence-corrected chi connectivity index (χ2v) is 5.72.